The van der Waals surface area contributed by atoms with Gasteiger partial charge in [-0.05, 0) is 56.0 Å². The molecule has 0 aromatic heterocycles. The number of hydrogen-bond donors (Lipinski definition) is 1. The number of anilines is 1. The van der Waals surface area contributed by atoms with Crippen LogP contribution in [-0.2, 0) is 21.2 Å². The van der Waals surface area contributed by atoms with E-state index in [1.54, 1.807) is 13.0 Å². The van der Waals surface area contributed by atoms with Crippen molar-refractivity contribution in [3.8, 4) is 11.5 Å². The first-order valence-corrected chi connectivity index (χ1v) is 12.0. The Morgan fingerprint density at radius 1 is 1.10 bits per heavy atom. The molecule has 168 valence electrons. The zero-order chi connectivity index (χ0) is 22.4. The Morgan fingerprint density at radius 3 is 2.48 bits per heavy atom. The molecule has 1 saturated heterocycles. The van der Waals surface area contributed by atoms with Crippen molar-refractivity contribution in [1.82, 2.24) is 4.31 Å². The van der Waals surface area contributed by atoms with Gasteiger partial charge < -0.3 is 14.8 Å². The minimum atomic E-state index is -3.63. The van der Waals surface area contributed by atoms with Crippen LogP contribution in [0.15, 0.2) is 47.4 Å². The lowest BCUT2D eigenvalue weighted by Gasteiger charge is -2.26. The van der Waals surface area contributed by atoms with Gasteiger partial charge in [-0.1, -0.05) is 31.5 Å². The van der Waals surface area contributed by atoms with Crippen LogP contribution in [0.1, 0.15) is 38.7 Å². The molecule has 0 radical (unpaired) electrons. The van der Waals surface area contributed by atoms with Crippen molar-refractivity contribution in [2.75, 3.05) is 25.5 Å². The van der Waals surface area contributed by atoms with Gasteiger partial charge in [-0.25, -0.2) is 8.42 Å². The number of nitrogens with zero attached hydrogens (tertiary/aromatic N) is 1. The largest absolute Gasteiger partial charge is 0.495 e. The number of para-hydroxylation sites is 1. The number of carbonyl (C=O) groups excluding carboxylic acids is 1. The molecule has 0 bridgehead atoms. The maximum atomic E-state index is 13.0. The van der Waals surface area contributed by atoms with Gasteiger partial charge in [0.25, 0.3) is 5.91 Å². The van der Waals surface area contributed by atoms with Crippen LogP contribution in [0.3, 0.4) is 0 Å². The van der Waals surface area contributed by atoms with Crippen molar-refractivity contribution in [1.29, 1.82) is 0 Å². The molecule has 8 heteroatoms. The van der Waals surface area contributed by atoms with Crippen molar-refractivity contribution in [2.24, 2.45) is 0 Å². The standard InChI is InChI=1S/C23H30N2O5S/c1-4-18-10-6-7-11-21(18)30-17(2)23(26)24-20-16-19(12-13-22(20)29-3)31(27,28)25-14-8-5-9-15-25/h6-7,10-13,16-17H,4-5,8-9,14-15H2,1-3H3,(H,24,26)/t17-/m1/s1. The van der Waals surface area contributed by atoms with Crippen molar-refractivity contribution < 1.29 is 22.7 Å². The first kappa shape index (κ1) is 23.1. The van der Waals surface area contributed by atoms with Crippen LogP contribution in [0, 0.1) is 0 Å². The first-order valence-electron chi connectivity index (χ1n) is 10.6. The summed E-state index contributed by atoms with van der Waals surface area (Å²) in [5.74, 6) is 0.643. The van der Waals surface area contributed by atoms with Gasteiger partial charge in [0.15, 0.2) is 6.10 Å². The van der Waals surface area contributed by atoms with Crippen LogP contribution in [0.25, 0.3) is 0 Å². The molecule has 0 unspecified atom stereocenters. The summed E-state index contributed by atoms with van der Waals surface area (Å²) >= 11 is 0. The molecule has 1 amide bonds. The molecule has 1 atom stereocenters. The lowest BCUT2D eigenvalue weighted by Crippen LogP contribution is -2.35. The van der Waals surface area contributed by atoms with Gasteiger partial charge in [-0.2, -0.15) is 4.31 Å². The Kier molecular flexibility index (Phi) is 7.56. The number of rotatable bonds is 8. The molecular weight excluding hydrogens is 416 g/mol. The van der Waals surface area contributed by atoms with Crippen LogP contribution in [0.5, 0.6) is 11.5 Å². The summed E-state index contributed by atoms with van der Waals surface area (Å²) < 4.78 is 38.7. The average Bonchev–Trinajstić information content (AvgIpc) is 2.79. The van der Waals surface area contributed by atoms with Gasteiger partial charge in [0.2, 0.25) is 10.0 Å². The summed E-state index contributed by atoms with van der Waals surface area (Å²) in [4.78, 5) is 12.9. The molecule has 1 aliphatic rings. The summed E-state index contributed by atoms with van der Waals surface area (Å²) in [6.45, 7) is 4.70. The van der Waals surface area contributed by atoms with Gasteiger partial charge >= 0.3 is 0 Å². The van der Waals surface area contributed by atoms with Gasteiger partial charge in [0, 0.05) is 13.1 Å². The summed E-state index contributed by atoms with van der Waals surface area (Å²) in [5.41, 5.74) is 1.30. The molecule has 1 N–H and O–H groups in total. The molecule has 2 aromatic rings. The Morgan fingerprint density at radius 2 is 1.81 bits per heavy atom. The fourth-order valence-electron chi connectivity index (χ4n) is 3.59. The number of aryl methyl sites for hydroxylation is 1. The van der Waals surface area contributed by atoms with E-state index in [9.17, 15) is 13.2 Å². The van der Waals surface area contributed by atoms with Crippen molar-refractivity contribution in [2.45, 2.75) is 50.5 Å². The minimum absolute atomic E-state index is 0.135. The van der Waals surface area contributed by atoms with E-state index in [1.165, 1.54) is 23.5 Å². The molecule has 0 spiro atoms. The molecular formula is C23H30N2O5S. The first-order chi connectivity index (χ1) is 14.9. The van der Waals surface area contributed by atoms with Crippen LogP contribution in [0.2, 0.25) is 0 Å². The second-order valence-electron chi connectivity index (χ2n) is 7.54. The topological polar surface area (TPSA) is 84.9 Å². The lowest BCUT2D eigenvalue weighted by atomic mass is 10.1. The number of piperidine rings is 1. The highest BCUT2D eigenvalue weighted by molar-refractivity contribution is 7.89. The second-order valence-corrected chi connectivity index (χ2v) is 9.48. The third-order valence-corrected chi connectivity index (χ3v) is 7.30. The monoisotopic (exact) mass is 446 g/mol. The molecule has 7 nitrogen and oxygen atoms in total. The highest BCUT2D eigenvalue weighted by Crippen LogP contribution is 2.30. The fraction of sp³-hybridized carbons (Fsp3) is 0.435. The Hall–Kier alpha value is -2.58. The van der Waals surface area contributed by atoms with Crippen molar-refractivity contribution >= 4 is 21.6 Å². The molecule has 2 aromatic carbocycles. The molecule has 0 aliphatic carbocycles. The second kappa shape index (κ2) is 10.2. The van der Waals surface area contributed by atoms with Crippen LogP contribution >= 0.6 is 0 Å². The number of benzene rings is 2. The maximum absolute atomic E-state index is 13.0. The average molecular weight is 447 g/mol. The van der Waals surface area contributed by atoms with E-state index in [4.69, 9.17) is 9.47 Å². The number of methoxy groups -OCH3 is 1. The minimum Gasteiger partial charge on any atom is -0.495 e. The van der Waals surface area contributed by atoms with Crippen LogP contribution < -0.4 is 14.8 Å². The molecule has 1 fully saturated rings. The molecule has 3 rings (SSSR count). The molecule has 0 saturated carbocycles. The zero-order valence-electron chi connectivity index (χ0n) is 18.3. The quantitative estimate of drug-likeness (QED) is 0.666. The maximum Gasteiger partial charge on any atom is 0.265 e. The smallest absolute Gasteiger partial charge is 0.265 e. The normalized spacial score (nSPS) is 15.8. The molecule has 1 aliphatic heterocycles. The summed E-state index contributed by atoms with van der Waals surface area (Å²) in [6, 6.07) is 12.1. The molecule has 31 heavy (non-hydrogen) atoms. The van der Waals surface area contributed by atoms with Crippen molar-refractivity contribution in [3.05, 3.63) is 48.0 Å². The predicted octanol–water partition coefficient (Wildman–Crippen LogP) is 3.84. The van der Waals surface area contributed by atoms with E-state index in [0.29, 0.717) is 30.3 Å². The van der Waals surface area contributed by atoms with Crippen molar-refractivity contribution in [3.63, 3.8) is 0 Å². The SMILES string of the molecule is CCc1ccccc1O[C@H](C)C(=O)Nc1cc(S(=O)(=O)N2CCCCC2)ccc1OC. The highest BCUT2D eigenvalue weighted by atomic mass is 32.2. The summed E-state index contributed by atoms with van der Waals surface area (Å²) in [6.07, 6.45) is 2.75. The zero-order valence-corrected chi connectivity index (χ0v) is 19.1. The number of amides is 1. The lowest BCUT2D eigenvalue weighted by molar-refractivity contribution is -0.122. The number of sulfonamides is 1. The van der Waals surface area contributed by atoms with E-state index < -0.39 is 22.0 Å². The highest BCUT2D eigenvalue weighted by Gasteiger charge is 2.27. The van der Waals surface area contributed by atoms with E-state index in [2.05, 4.69) is 5.32 Å². The number of hydrogen-bond acceptors (Lipinski definition) is 5. The fourth-order valence-corrected chi connectivity index (χ4v) is 5.13. The van der Waals surface area contributed by atoms with Crippen LogP contribution in [0.4, 0.5) is 5.69 Å². The van der Waals surface area contributed by atoms with Gasteiger partial charge in [0.1, 0.15) is 11.5 Å². The number of nitrogens with one attached hydrogen (secondary N) is 1. The molecule has 1 heterocycles. The number of ether oxygens (including phenoxy) is 2. The Labute approximate surface area is 184 Å². The van der Waals surface area contributed by atoms with E-state index in [1.807, 2.05) is 31.2 Å². The van der Waals surface area contributed by atoms with Gasteiger partial charge in [-0.3, -0.25) is 4.79 Å². The number of carbonyl (C=O) groups is 1. The van der Waals surface area contributed by atoms with E-state index in [-0.39, 0.29) is 4.90 Å². The van der Waals surface area contributed by atoms with E-state index in [0.717, 1.165) is 31.2 Å². The summed E-state index contributed by atoms with van der Waals surface area (Å²) in [5, 5.41) is 2.76. The van der Waals surface area contributed by atoms with Gasteiger partial charge in [0.05, 0.1) is 17.7 Å². The Bertz CT molecular complexity index is 1020. The predicted molar refractivity (Wildman–Crippen MR) is 120 cm³/mol. The van der Waals surface area contributed by atoms with Crippen LogP contribution in [-0.4, -0.2) is 44.9 Å². The third kappa shape index (κ3) is 5.37. The van der Waals surface area contributed by atoms with E-state index >= 15 is 0 Å². The summed E-state index contributed by atoms with van der Waals surface area (Å²) in [7, 11) is -2.15. The van der Waals surface area contributed by atoms with Gasteiger partial charge in [-0.15, -0.1) is 0 Å². The third-order valence-electron chi connectivity index (χ3n) is 5.41. The Balaban J connectivity index is 1.79.